The molecule has 0 saturated carbocycles. The van der Waals surface area contributed by atoms with Crippen molar-refractivity contribution in [3.63, 3.8) is 0 Å². The first-order valence-electron chi connectivity index (χ1n) is 11.5. The van der Waals surface area contributed by atoms with E-state index in [1.165, 1.54) is 22.9 Å². The van der Waals surface area contributed by atoms with Crippen molar-refractivity contribution in [1.82, 2.24) is 25.1 Å². The Bertz CT molecular complexity index is 1340. The minimum atomic E-state index is -0.406. The number of ether oxygens (including phenoxy) is 2. The van der Waals surface area contributed by atoms with Gasteiger partial charge in [-0.2, -0.15) is 0 Å². The molecule has 0 saturated heterocycles. The first-order chi connectivity index (χ1) is 17.5. The van der Waals surface area contributed by atoms with Crippen LogP contribution in [0.5, 0.6) is 11.5 Å². The number of carbonyl (C=O) groups is 3. The minimum absolute atomic E-state index is 0.116. The molecule has 0 unspecified atom stereocenters. The Kier molecular flexibility index (Phi) is 7.79. The second-order valence-corrected chi connectivity index (χ2v) is 8.18. The van der Waals surface area contributed by atoms with Crippen LogP contribution in [0, 0.1) is 0 Å². The van der Waals surface area contributed by atoms with Crippen LogP contribution in [0.25, 0.3) is 10.9 Å². The summed E-state index contributed by atoms with van der Waals surface area (Å²) in [5.41, 5.74) is 0.553. The zero-order valence-corrected chi connectivity index (χ0v) is 19.9. The van der Waals surface area contributed by atoms with Crippen LogP contribution in [-0.4, -0.2) is 72.1 Å². The molecule has 4 rings (SSSR count). The number of para-hydroxylation sites is 1. The molecule has 1 aromatic heterocycles. The van der Waals surface area contributed by atoms with E-state index in [-0.39, 0.29) is 56.7 Å². The number of nitrogens with zero attached hydrogens (tertiary/aromatic N) is 3. The normalized spacial score (nSPS) is 15.2. The summed E-state index contributed by atoms with van der Waals surface area (Å²) in [5, 5.41) is 5.95. The Hall–Kier alpha value is -4.41. The van der Waals surface area contributed by atoms with E-state index < -0.39 is 5.91 Å². The predicted octanol–water partition coefficient (Wildman–Crippen LogP) is 0.562. The molecule has 11 heteroatoms. The maximum absolute atomic E-state index is 13.1. The third-order valence-corrected chi connectivity index (χ3v) is 5.73. The first-order valence-corrected chi connectivity index (χ1v) is 11.5. The number of aromatic nitrogens is 2. The number of amides is 3. The number of nitrogens with one attached hydrogen (secondary N) is 2. The summed E-state index contributed by atoms with van der Waals surface area (Å²) in [6, 6.07) is 11.8. The monoisotopic (exact) mass is 493 g/mol. The van der Waals surface area contributed by atoms with Gasteiger partial charge < -0.3 is 25.0 Å². The molecule has 11 nitrogen and oxygen atoms in total. The standard InChI is InChI=1S/C25H27N5O6/c1-35-17-7-8-19-21(13-17)36-12-10-26-22(31)14-29(11-4-9-27-24(19)33)23(32)15-30-16-28-20-6-3-2-5-18(20)25(30)34/h2-3,5-8,13,16H,4,9-12,14-15H2,1H3,(H,26,31)(H,27,33). The maximum atomic E-state index is 13.1. The van der Waals surface area contributed by atoms with E-state index in [0.717, 1.165) is 0 Å². The molecule has 3 aromatic rings. The van der Waals surface area contributed by atoms with Gasteiger partial charge in [0.05, 0.1) is 43.0 Å². The van der Waals surface area contributed by atoms with Crippen LogP contribution in [0.4, 0.5) is 0 Å². The Balaban J connectivity index is 1.47. The number of methoxy groups -OCH3 is 1. The van der Waals surface area contributed by atoms with Crippen LogP contribution in [-0.2, 0) is 16.1 Å². The molecule has 36 heavy (non-hydrogen) atoms. The largest absolute Gasteiger partial charge is 0.497 e. The SMILES string of the molecule is COc1ccc2c(c1)OCCNC(=O)CN(C(=O)Cn1cnc3ccccc3c1=O)CCCNC2=O. The summed E-state index contributed by atoms with van der Waals surface area (Å²) in [4.78, 5) is 56.7. The molecule has 1 aliphatic rings. The van der Waals surface area contributed by atoms with Crippen LogP contribution in [0.1, 0.15) is 16.8 Å². The van der Waals surface area contributed by atoms with Gasteiger partial charge >= 0.3 is 0 Å². The molecule has 1 aliphatic heterocycles. The third-order valence-electron chi connectivity index (χ3n) is 5.73. The van der Waals surface area contributed by atoms with Gasteiger partial charge in [0.2, 0.25) is 11.8 Å². The highest BCUT2D eigenvalue weighted by atomic mass is 16.5. The Labute approximate surface area is 207 Å². The molecule has 3 amide bonds. The topological polar surface area (TPSA) is 132 Å². The highest BCUT2D eigenvalue weighted by Crippen LogP contribution is 2.25. The molecule has 0 atom stereocenters. The van der Waals surface area contributed by atoms with E-state index in [4.69, 9.17) is 9.47 Å². The molecule has 188 valence electrons. The summed E-state index contributed by atoms with van der Waals surface area (Å²) in [5.74, 6) is -0.189. The maximum Gasteiger partial charge on any atom is 0.261 e. The summed E-state index contributed by atoms with van der Waals surface area (Å²) < 4.78 is 12.1. The molecule has 0 spiro atoms. The number of benzene rings is 2. The zero-order valence-electron chi connectivity index (χ0n) is 19.9. The molecule has 0 fully saturated rings. The molecule has 0 radical (unpaired) electrons. The molecule has 2 aromatic carbocycles. The Morgan fingerprint density at radius 1 is 1.11 bits per heavy atom. The minimum Gasteiger partial charge on any atom is -0.497 e. The van der Waals surface area contributed by atoms with Crippen molar-refractivity contribution in [2.45, 2.75) is 13.0 Å². The first kappa shape index (κ1) is 24.7. The number of hydrogen-bond donors (Lipinski definition) is 2. The van der Waals surface area contributed by atoms with E-state index in [1.807, 2.05) is 0 Å². The van der Waals surface area contributed by atoms with Crippen molar-refractivity contribution in [2.75, 3.05) is 39.9 Å². The summed E-state index contributed by atoms with van der Waals surface area (Å²) in [7, 11) is 1.52. The number of carbonyl (C=O) groups excluding carboxylic acids is 3. The smallest absolute Gasteiger partial charge is 0.261 e. The fourth-order valence-electron chi connectivity index (χ4n) is 3.84. The van der Waals surface area contributed by atoms with E-state index >= 15 is 0 Å². The quantitative estimate of drug-likeness (QED) is 0.545. The van der Waals surface area contributed by atoms with Crippen molar-refractivity contribution >= 4 is 28.6 Å². The molecular weight excluding hydrogens is 466 g/mol. The fraction of sp³-hybridized carbons (Fsp3) is 0.320. The van der Waals surface area contributed by atoms with Crippen LogP contribution in [0.2, 0.25) is 0 Å². The second-order valence-electron chi connectivity index (χ2n) is 8.18. The lowest BCUT2D eigenvalue weighted by molar-refractivity contribution is -0.136. The fourth-order valence-corrected chi connectivity index (χ4v) is 3.84. The Morgan fingerprint density at radius 3 is 2.78 bits per heavy atom. The van der Waals surface area contributed by atoms with Gasteiger partial charge in [0.25, 0.3) is 11.5 Å². The summed E-state index contributed by atoms with van der Waals surface area (Å²) >= 11 is 0. The predicted molar refractivity (Wildman–Crippen MR) is 131 cm³/mol. The van der Waals surface area contributed by atoms with Crippen molar-refractivity contribution < 1.29 is 23.9 Å². The van der Waals surface area contributed by atoms with Crippen LogP contribution in [0.15, 0.2) is 53.6 Å². The van der Waals surface area contributed by atoms with Gasteiger partial charge in [-0.1, -0.05) is 12.1 Å². The zero-order chi connectivity index (χ0) is 25.5. The average molecular weight is 494 g/mol. The molecule has 0 aliphatic carbocycles. The van der Waals surface area contributed by atoms with Crippen LogP contribution < -0.4 is 25.7 Å². The van der Waals surface area contributed by atoms with Gasteiger partial charge in [-0.05, 0) is 30.7 Å². The molecule has 2 N–H and O–H groups in total. The van der Waals surface area contributed by atoms with Gasteiger partial charge in [-0.3, -0.25) is 23.7 Å². The van der Waals surface area contributed by atoms with Crippen molar-refractivity contribution in [2.24, 2.45) is 0 Å². The number of hydrogen-bond acceptors (Lipinski definition) is 7. The van der Waals surface area contributed by atoms with Crippen LogP contribution in [0.3, 0.4) is 0 Å². The van der Waals surface area contributed by atoms with Crippen LogP contribution >= 0.6 is 0 Å². The lowest BCUT2D eigenvalue weighted by atomic mass is 10.1. The molecule has 2 heterocycles. The van der Waals surface area contributed by atoms with E-state index in [9.17, 15) is 19.2 Å². The van der Waals surface area contributed by atoms with Gasteiger partial charge in [0.1, 0.15) is 24.7 Å². The van der Waals surface area contributed by atoms with Crippen molar-refractivity contribution in [3.05, 3.63) is 64.7 Å². The lowest BCUT2D eigenvalue weighted by Gasteiger charge is -2.23. The summed E-state index contributed by atoms with van der Waals surface area (Å²) in [6.45, 7) is 0.335. The van der Waals surface area contributed by atoms with Gasteiger partial charge in [-0.15, -0.1) is 0 Å². The second kappa shape index (κ2) is 11.3. The van der Waals surface area contributed by atoms with Crippen molar-refractivity contribution in [1.29, 1.82) is 0 Å². The van der Waals surface area contributed by atoms with Crippen molar-refractivity contribution in [3.8, 4) is 11.5 Å². The van der Waals surface area contributed by atoms with E-state index in [1.54, 1.807) is 42.5 Å². The molecular formula is C25H27N5O6. The lowest BCUT2D eigenvalue weighted by Crippen LogP contribution is -2.45. The number of rotatable bonds is 3. The van der Waals surface area contributed by atoms with E-state index in [2.05, 4.69) is 15.6 Å². The third kappa shape index (κ3) is 5.80. The Morgan fingerprint density at radius 2 is 1.94 bits per heavy atom. The van der Waals surface area contributed by atoms with E-state index in [0.29, 0.717) is 34.4 Å². The average Bonchev–Trinajstić information content (AvgIpc) is 2.89. The molecule has 0 bridgehead atoms. The van der Waals surface area contributed by atoms with Gasteiger partial charge in [0, 0.05) is 19.2 Å². The number of fused-ring (bicyclic) bond motifs is 2. The highest BCUT2D eigenvalue weighted by Gasteiger charge is 2.20. The van der Waals surface area contributed by atoms with Gasteiger partial charge in [-0.25, -0.2) is 4.98 Å². The van der Waals surface area contributed by atoms with Gasteiger partial charge in [0.15, 0.2) is 0 Å². The summed E-state index contributed by atoms with van der Waals surface area (Å²) in [6.07, 6.45) is 1.73. The highest BCUT2D eigenvalue weighted by molar-refractivity contribution is 5.97.